The van der Waals surface area contributed by atoms with Crippen LogP contribution in [0.2, 0.25) is 5.02 Å². The third kappa shape index (κ3) is 4.45. The van der Waals surface area contributed by atoms with E-state index in [2.05, 4.69) is 5.32 Å². The van der Waals surface area contributed by atoms with E-state index in [0.717, 1.165) is 23.3 Å². The molecule has 1 heterocycles. The highest BCUT2D eigenvalue weighted by Gasteiger charge is 2.51. The second-order valence-corrected chi connectivity index (χ2v) is 8.02. The molecule has 1 aliphatic heterocycles. The summed E-state index contributed by atoms with van der Waals surface area (Å²) in [4.78, 5) is 51.0. The average Bonchev–Trinajstić information content (AvgIpc) is 2.97. The lowest BCUT2D eigenvalue weighted by atomic mass is 9.81. The van der Waals surface area contributed by atoms with Crippen molar-refractivity contribution >= 4 is 35.3 Å². The van der Waals surface area contributed by atoms with Crippen molar-refractivity contribution in [3.8, 4) is 0 Å². The van der Waals surface area contributed by atoms with Crippen LogP contribution < -0.4 is 5.32 Å². The number of likely N-dealkylation sites (tertiary alicyclic amines) is 1. The van der Waals surface area contributed by atoms with Crippen LogP contribution in [0.25, 0.3) is 0 Å². The Hall–Kier alpha value is -2.41. The monoisotopic (exact) mass is 420 g/mol. The fraction of sp³-hybridized carbons (Fsp3) is 0.524. The molecule has 3 amide bonds. The van der Waals surface area contributed by atoms with Gasteiger partial charge in [-0.3, -0.25) is 19.3 Å². The lowest BCUT2D eigenvalue weighted by molar-refractivity contribution is -0.164. The number of fused-ring (bicyclic) bond motifs is 1. The number of rotatable bonds is 6. The summed E-state index contributed by atoms with van der Waals surface area (Å²) < 4.78 is 5.22. The predicted molar refractivity (Wildman–Crippen MR) is 106 cm³/mol. The van der Waals surface area contributed by atoms with E-state index in [1.54, 1.807) is 24.3 Å². The van der Waals surface area contributed by atoms with Crippen LogP contribution in [0.15, 0.2) is 24.3 Å². The Balaban J connectivity index is 1.56. The number of nitrogens with one attached hydrogen (secondary N) is 1. The Labute approximate surface area is 174 Å². The highest BCUT2D eigenvalue weighted by atomic mass is 35.5. The molecule has 1 aromatic carbocycles. The fourth-order valence-corrected chi connectivity index (χ4v) is 4.17. The first kappa shape index (κ1) is 21.3. The molecule has 7 nitrogen and oxygen atoms in total. The predicted octanol–water partition coefficient (Wildman–Crippen LogP) is 2.45. The quantitative estimate of drug-likeness (QED) is 0.563. The van der Waals surface area contributed by atoms with Crippen LogP contribution in [0, 0.1) is 11.8 Å². The molecule has 0 unspecified atom stereocenters. The zero-order valence-electron chi connectivity index (χ0n) is 16.5. The third-order valence-corrected chi connectivity index (χ3v) is 6.05. The number of hydrogen-bond acceptors (Lipinski definition) is 5. The Bertz CT molecular complexity index is 803. The highest BCUT2D eigenvalue weighted by Crippen LogP contribution is 2.38. The van der Waals surface area contributed by atoms with Gasteiger partial charge in [-0.25, -0.2) is 4.79 Å². The molecule has 1 saturated heterocycles. The van der Waals surface area contributed by atoms with E-state index in [1.807, 2.05) is 0 Å². The van der Waals surface area contributed by atoms with Gasteiger partial charge in [-0.2, -0.15) is 0 Å². The van der Waals surface area contributed by atoms with E-state index in [1.165, 1.54) is 13.8 Å². The fourth-order valence-electron chi connectivity index (χ4n) is 3.97. The molecular formula is C21H25ClN2O5. The van der Waals surface area contributed by atoms with E-state index >= 15 is 0 Å². The first-order valence-electron chi connectivity index (χ1n) is 9.89. The van der Waals surface area contributed by atoms with Gasteiger partial charge in [0.15, 0.2) is 6.10 Å². The standard InChI is InChI=1S/C21H25ClN2O5/c1-12(24-19(26)15-8-4-5-9-16(15)20(24)27)21(28)29-13(2)18(25)23-11-14-7-3-6-10-17(14)22/h3,6-7,10,12-13,15-16H,4-5,8-9,11H2,1-2H3,(H,23,25)/t12-,13+,15-,16-/m0/s1. The molecule has 4 atom stereocenters. The Morgan fingerprint density at radius 3 is 2.31 bits per heavy atom. The molecule has 0 radical (unpaired) electrons. The van der Waals surface area contributed by atoms with E-state index in [4.69, 9.17) is 16.3 Å². The Morgan fingerprint density at radius 2 is 1.72 bits per heavy atom. The van der Waals surface area contributed by atoms with Gasteiger partial charge >= 0.3 is 5.97 Å². The Morgan fingerprint density at radius 1 is 1.14 bits per heavy atom. The molecule has 2 aliphatic rings. The first-order valence-corrected chi connectivity index (χ1v) is 10.3. The minimum absolute atomic E-state index is 0.197. The van der Waals surface area contributed by atoms with E-state index in [9.17, 15) is 19.2 Å². The van der Waals surface area contributed by atoms with Gasteiger partial charge in [0.25, 0.3) is 5.91 Å². The van der Waals surface area contributed by atoms with Crippen LogP contribution >= 0.6 is 11.6 Å². The number of esters is 1. The largest absolute Gasteiger partial charge is 0.451 e. The second kappa shape index (κ2) is 8.95. The van der Waals surface area contributed by atoms with Crippen LogP contribution in [0.3, 0.4) is 0 Å². The Kier molecular flexibility index (Phi) is 6.57. The van der Waals surface area contributed by atoms with Crippen molar-refractivity contribution < 1.29 is 23.9 Å². The molecule has 156 valence electrons. The molecule has 1 aliphatic carbocycles. The van der Waals surface area contributed by atoms with Crippen LogP contribution in [0.1, 0.15) is 45.1 Å². The molecule has 3 rings (SSSR count). The molecule has 0 spiro atoms. The van der Waals surface area contributed by atoms with Crippen LogP contribution in [-0.4, -0.2) is 40.7 Å². The third-order valence-electron chi connectivity index (χ3n) is 5.68. The van der Waals surface area contributed by atoms with Crippen molar-refractivity contribution in [3.05, 3.63) is 34.9 Å². The number of carbonyl (C=O) groups excluding carboxylic acids is 4. The van der Waals surface area contributed by atoms with Crippen molar-refractivity contribution in [1.82, 2.24) is 10.2 Å². The van der Waals surface area contributed by atoms with Gasteiger partial charge < -0.3 is 10.1 Å². The smallest absolute Gasteiger partial charge is 0.329 e. The minimum atomic E-state index is -1.07. The number of halogens is 1. The molecule has 0 bridgehead atoms. The van der Waals surface area contributed by atoms with Gasteiger partial charge in [-0.05, 0) is 38.3 Å². The number of hydrogen-bond donors (Lipinski definition) is 1. The molecule has 1 N–H and O–H groups in total. The molecular weight excluding hydrogens is 396 g/mol. The van der Waals surface area contributed by atoms with E-state index in [-0.39, 0.29) is 30.2 Å². The van der Waals surface area contributed by atoms with Crippen molar-refractivity contribution in [2.75, 3.05) is 0 Å². The van der Waals surface area contributed by atoms with Crippen LogP contribution in [0.5, 0.6) is 0 Å². The zero-order valence-corrected chi connectivity index (χ0v) is 17.3. The summed E-state index contributed by atoms with van der Waals surface area (Å²) in [5.41, 5.74) is 0.741. The highest BCUT2D eigenvalue weighted by molar-refractivity contribution is 6.31. The van der Waals surface area contributed by atoms with Gasteiger partial charge in [0.05, 0.1) is 11.8 Å². The summed E-state index contributed by atoms with van der Waals surface area (Å²) >= 11 is 6.06. The van der Waals surface area contributed by atoms with Crippen LogP contribution in [-0.2, 0) is 30.5 Å². The van der Waals surface area contributed by atoms with Crippen molar-refractivity contribution in [1.29, 1.82) is 0 Å². The topological polar surface area (TPSA) is 92.8 Å². The number of ether oxygens (including phenoxy) is 1. The summed E-state index contributed by atoms with van der Waals surface area (Å²) in [7, 11) is 0. The lowest BCUT2D eigenvalue weighted by Crippen LogP contribution is -2.46. The van der Waals surface area contributed by atoms with E-state index < -0.39 is 24.0 Å². The van der Waals surface area contributed by atoms with Crippen molar-refractivity contribution in [2.45, 2.75) is 58.2 Å². The summed E-state index contributed by atoms with van der Waals surface area (Å²) in [6.07, 6.45) is 2.11. The summed E-state index contributed by atoms with van der Waals surface area (Å²) in [5, 5.41) is 3.19. The van der Waals surface area contributed by atoms with Crippen molar-refractivity contribution in [3.63, 3.8) is 0 Å². The maximum Gasteiger partial charge on any atom is 0.329 e. The van der Waals surface area contributed by atoms with Gasteiger partial charge in [0.2, 0.25) is 11.8 Å². The normalized spacial score (nSPS) is 23.3. The molecule has 1 aromatic rings. The van der Waals surface area contributed by atoms with E-state index in [0.29, 0.717) is 17.9 Å². The maximum absolute atomic E-state index is 12.6. The lowest BCUT2D eigenvalue weighted by Gasteiger charge is -2.23. The average molecular weight is 421 g/mol. The number of imide groups is 1. The van der Waals surface area contributed by atoms with Gasteiger partial charge in [0, 0.05) is 11.6 Å². The maximum atomic E-state index is 12.6. The molecule has 1 saturated carbocycles. The summed E-state index contributed by atoms with van der Waals surface area (Å²) in [5.74, 6) is -2.53. The summed E-state index contributed by atoms with van der Waals surface area (Å²) in [6, 6.07) is 6.04. The number of carbonyl (C=O) groups is 4. The van der Waals surface area contributed by atoms with Gasteiger partial charge in [-0.15, -0.1) is 0 Å². The minimum Gasteiger partial charge on any atom is -0.451 e. The van der Waals surface area contributed by atoms with Gasteiger partial charge in [0.1, 0.15) is 6.04 Å². The number of benzene rings is 1. The second-order valence-electron chi connectivity index (χ2n) is 7.61. The molecule has 29 heavy (non-hydrogen) atoms. The first-order chi connectivity index (χ1) is 13.8. The SMILES string of the molecule is C[C@@H](OC(=O)[C@H](C)N1C(=O)[C@H]2CCCC[C@@H]2C1=O)C(=O)NCc1ccccc1Cl. The van der Waals surface area contributed by atoms with Gasteiger partial charge in [-0.1, -0.05) is 42.6 Å². The number of nitrogens with zero attached hydrogens (tertiary/aromatic N) is 1. The number of amides is 3. The molecule has 8 heteroatoms. The van der Waals surface area contributed by atoms with Crippen LogP contribution in [0.4, 0.5) is 0 Å². The molecule has 0 aromatic heterocycles. The molecule has 2 fully saturated rings. The zero-order chi connectivity index (χ0) is 21.1. The summed E-state index contributed by atoms with van der Waals surface area (Å²) in [6.45, 7) is 3.10. The van der Waals surface area contributed by atoms with Crippen molar-refractivity contribution in [2.24, 2.45) is 11.8 Å².